The highest BCUT2D eigenvalue weighted by Gasteiger charge is 2.15. The second-order valence-corrected chi connectivity index (χ2v) is 5.19. The molecular weight excluding hydrogens is 266 g/mol. The topological polar surface area (TPSA) is 46.6 Å². The molecule has 0 saturated carbocycles. The predicted octanol–water partition coefficient (Wildman–Crippen LogP) is 2.07. The van der Waals surface area contributed by atoms with Crippen LogP contribution in [0.5, 0.6) is 0 Å². The number of anilines is 1. The molecular formula is C16H29N3O2. The first kappa shape index (κ1) is 17.9. The number of hydrogen-bond donors (Lipinski definition) is 1. The Morgan fingerprint density at radius 3 is 2.81 bits per heavy atom. The quantitative estimate of drug-likeness (QED) is 0.633. The maximum Gasteiger partial charge on any atom is 0.129 e. The molecule has 0 amide bonds. The Balaban J connectivity index is 2.77. The number of rotatable bonds is 11. The number of nitrogens with one attached hydrogen (secondary N) is 1. The summed E-state index contributed by atoms with van der Waals surface area (Å²) in [4.78, 5) is 6.74. The summed E-state index contributed by atoms with van der Waals surface area (Å²) in [5.74, 6) is 0.979. The summed E-state index contributed by atoms with van der Waals surface area (Å²) in [5.41, 5.74) is 1.25. The Kier molecular flexibility index (Phi) is 8.98. The van der Waals surface area contributed by atoms with Gasteiger partial charge in [0.1, 0.15) is 5.82 Å². The van der Waals surface area contributed by atoms with Crippen LogP contribution < -0.4 is 10.2 Å². The lowest BCUT2D eigenvalue weighted by Crippen LogP contribution is -2.39. The first-order valence-corrected chi connectivity index (χ1v) is 7.63. The van der Waals surface area contributed by atoms with Crippen LogP contribution in [0.2, 0.25) is 0 Å². The van der Waals surface area contributed by atoms with Gasteiger partial charge in [-0.05, 0) is 37.6 Å². The van der Waals surface area contributed by atoms with E-state index in [0.29, 0.717) is 13.2 Å². The van der Waals surface area contributed by atoms with E-state index in [4.69, 9.17) is 9.47 Å². The molecule has 0 radical (unpaired) electrons. The molecule has 1 heterocycles. The van der Waals surface area contributed by atoms with Crippen LogP contribution in [-0.4, -0.2) is 51.5 Å². The number of pyridine rings is 1. The van der Waals surface area contributed by atoms with Crippen LogP contribution in [-0.2, 0) is 16.0 Å². The monoisotopic (exact) mass is 295 g/mol. The number of nitrogens with zero attached hydrogens (tertiary/aromatic N) is 2. The largest absolute Gasteiger partial charge is 0.383 e. The maximum absolute atomic E-state index is 5.27. The molecule has 0 aliphatic carbocycles. The van der Waals surface area contributed by atoms with Crippen molar-refractivity contribution < 1.29 is 9.47 Å². The van der Waals surface area contributed by atoms with Crippen LogP contribution in [0.15, 0.2) is 18.3 Å². The molecule has 21 heavy (non-hydrogen) atoms. The number of aromatic nitrogens is 1. The van der Waals surface area contributed by atoms with Crippen molar-refractivity contribution in [2.45, 2.75) is 32.9 Å². The highest BCUT2D eigenvalue weighted by atomic mass is 16.5. The lowest BCUT2D eigenvalue weighted by molar-refractivity contribution is 0.170. The van der Waals surface area contributed by atoms with E-state index >= 15 is 0 Å². The van der Waals surface area contributed by atoms with Gasteiger partial charge in [0.2, 0.25) is 0 Å². The van der Waals surface area contributed by atoms with Gasteiger partial charge in [-0.1, -0.05) is 6.92 Å². The van der Waals surface area contributed by atoms with Crippen molar-refractivity contribution >= 4 is 5.82 Å². The van der Waals surface area contributed by atoms with E-state index in [0.717, 1.165) is 31.9 Å². The van der Waals surface area contributed by atoms with Crippen LogP contribution in [0.3, 0.4) is 0 Å². The van der Waals surface area contributed by atoms with Gasteiger partial charge in [-0.2, -0.15) is 0 Å². The Labute approximate surface area is 128 Å². The summed E-state index contributed by atoms with van der Waals surface area (Å²) in [7, 11) is 3.45. The molecule has 5 heteroatoms. The van der Waals surface area contributed by atoms with Crippen molar-refractivity contribution in [2.24, 2.45) is 0 Å². The molecule has 1 rings (SSSR count). The Morgan fingerprint density at radius 1 is 1.33 bits per heavy atom. The summed E-state index contributed by atoms with van der Waals surface area (Å²) < 4.78 is 10.5. The van der Waals surface area contributed by atoms with Crippen LogP contribution in [0.4, 0.5) is 5.82 Å². The zero-order chi connectivity index (χ0) is 15.5. The Morgan fingerprint density at radius 2 is 2.14 bits per heavy atom. The first-order chi connectivity index (χ1) is 10.2. The third-order valence-electron chi connectivity index (χ3n) is 3.34. The van der Waals surface area contributed by atoms with Gasteiger partial charge >= 0.3 is 0 Å². The molecule has 0 bridgehead atoms. The van der Waals surface area contributed by atoms with Gasteiger partial charge in [0, 0.05) is 33.5 Å². The van der Waals surface area contributed by atoms with Gasteiger partial charge in [0.15, 0.2) is 0 Å². The second-order valence-electron chi connectivity index (χ2n) is 5.19. The molecule has 1 atom stereocenters. The molecule has 1 unspecified atom stereocenters. The van der Waals surface area contributed by atoms with Crippen molar-refractivity contribution in [1.82, 2.24) is 10.3 Å². The lowest BCUT2D eigenvalue weighted by atomic mass is 10.2. The van der Waals surface area contributed by atoms with Gasteiger partial charge < -0.3 is 19.7 Å². The fourth-order valence-electron chi connectivity index (χ4n) is 2.22. The highest BCUT2D eigenvalue weighted by Crippen LogP contribution is 2.16. The third-order valence-corrected chi connectivity index (χ3v) is 3.34. The van der Waals surface area contributed by atoms with E-state index in [-0.39, 0.29) is 6.04 Å². The predicted molar refractivity (Wildman–Crippen MR) is 86.8 cm³/mol. The van der Waals surface area contributed by atoms with E-state index in [1.165, 1.54) is 5.56 Å². The SMILES string of the molecule is CCCNCc1ccnc(N(CCOC)C(C)COC)c1. The second kappa shape index (κ2) is 10.5. The third kappa shape index (κ3) is 6.42. The normalized spacial score (nSPS) is 12.4. The summed E-state index contributed by atoms with van der Waals surface area (Å²) in [6.45, 7) is 8.37. The molecule has 0 saturated heterocycles. The molecule has 0 aromatic carbocycles. The zero-order valence-electron chi connectivity index (χ0n) is 13.8. The fourth-order valence-corrected chi connectivity index (χ4v) is 2.22. The van der Waals surface area contributed by atoms with Gasteiger partial charge in [-0.15, -0.1) is 0 Å². The van der Waals surface area contributed by atoms with Gasteiger partial charge in [0.25, 0.3) is 0 Å². The zero-order valence-corrected chi connectivity index (χ0v) is 13.8. The highest BCUT2D eigenvalue weighted by molar-refractivity contribution is 5.42. The molecule has 0 spiro atoms. The van der Waals surface area contributed by atoms with Crippen molar-refractivity contribution in [2.75, 3.05) is 45.4 Å². The average molecular weight is 295 g/mol. The molecule has 120 valence electrons. The van der Waals surface area contributed by atoms with E-state index in [9.17, 15) is 0 Å². The molecule has 1 aromatic rings. The minimum atomic E-state index is 0.261. The average Bonchev–Trinajstić information content (AvgIpc) is 2.49. The van der Waals surface area contributed by atoms with E-state index in [1.54, 1.807) is 14.2 Å². The first-order valence-electron chi connectivity index (χ1n) is 7.63. The van der Waals surface area contributed by atoms with Crippen molar-refractivity contribution in [3.8, 4) is 0 Å². The van der Waals surface area contributed by atoms with Crippen LogP contribution >= 0.6 is 0 Å². The summed E-state index contributed by atoms with van der Waals surface area (Å²) in [6, 6.07) is 4.46. The van der Waals surface area contributed by atoms with E-state index in [1.807, 2.05) is 6.20 Å². The van der Waals surface area contributed by atoms with Crippen molar-refractivity contribution in [3.05, 3.63) is 23.9 Å². The summed E-state index contributed by atoms with van der Waals surface area (Å²) in [6.07, 6.45) is 3.01. The number of methoxy groups -OCH3 is 2. The number of hydrogen-bond acceptors (Lipinski definition) is 5. The maximum atomic E-state index is 5.27. The van der Waals surface area contributed by atoms with Crippen molar-refractivity contribution in [3.63, 3.8) is 0 Å². The summed E-state index contributed by atoms with van der Waals surface area (Å²) >= 11 is 0. The van der Waals surface area contributed by atoms with Gasteiger partial charge in [-0.25, -0.2) is 4.98 Å². The smallest absolute Gasteiger partial charge is 0.129 e. The molecule has 0 aliphatic heterocycles. The van der Waals surface area contributed by atoms with Crippen LogP contribution in [0, 0.1) is 0 Å². The molecule has 1 N–H and O–H groups in total. The molecule has 1 aromatic heterocycles. The van der Waals surface area contributed by atoms with E-state index < -0.39 is 0 Å². The molecule has 5 nitrogen and oxygen atoms in total. The van der Waals surface area contributed by atoms with Crippen LogP contribution in [0.25, 0.3) is 0 Å². The minimum absolute atomic E-state index is 0.261. The number of ether oxygens (including phenoxy) is 2. The molecule has 0 aliphatic rings. The summed E-state index contributed by atoms with van der Waals surface area (Å²) in [5, 5.41) is 3.42. The van der Waals surface area contributed by atoms with E-state index in [2.05, 4.69) is 41.2 Å². The Bertz CT molecular complexity index is 388. The molecule has 0 fully saturated rings. The van der Waals surface area contributed by atoms with Gasteiger partial charge in [0.05, 0.1) is 19.3 Å². The fraction of sp³-hybridized carbons (Fsp3) is 0.688. The lowest BCUT2D eigenvalue weighted by Gasteiger charge is -2.30. The minimum Gasteiger partial charge on any atom is -0.383 e. The standard InChI is InChI=1S/C16H29N3O2/c1-5-7-17-12-15-6-8-18-16(11-15)19(9-10-20-3)14(2)13-21-4/h6,8,11,14,17H,5,7,9-10,12-13H2,1-4H3. The van der Waals surface area contributed by atoms with Gasteiger partial charge in [-0.3, -0.25) is 0 Å². The van der Waals surface area contributed by atoms with Crippen LogP contribution in [0.1, 0.15) is 25.8 Å². The Hall–Kier alpha value is -1.17. The van der Waals surface area contributed by atoms with Crippen molar-refractivity contribution in [1.29, 1.82) is 0 Å².